The van der Waals surface area contributed by atoms with Crippen molar-refractivity contribution in [3.8, 4) is 0 Å². The predicted octanol–water partition coefficient (Wildman–Crippen LogP) is 1.45. The number of aromatic nitrogens is 2. The van der Waals surface area contributed by atoms with E-state index in [0.29, 0.717) is 12.0 Å². The third kappa shape index (κ3) is 4.14. The fourth-order valence-electron chi connectivity index (χ4n) is 2.22. The van der Waals surface area contributed by atoms with Crippen LogP contribution in [0.5, 0.6) is 0 Å². The SMILES string of the molecule is COC1CCN(c2cnc(CNCC(C)C)cn2)C1. The molecule has 0 spiro atoms. The monoisotopic (exact) mass is 264 g/mol. The topological polar surface area (TPSA) is 50.3 Å². The molecule has 1 fully saturated rings. The maximum atomic E-state index is 5.36. The van der Waals surface area contributed by atoms with Crippen LogP contribution in [0.1, 0.15) is 26.0 Å². The Morgan fingerprint density at radius 2 is 2.26 bits per heavy atom. The van der Waals surface area contributed by atoms with Gasteiger partial charge < -0.3 is 15.0 Å². The van der Waals surface area contributed by atoms with Crippen molar-refractivity contribution < 1.29 is 4.74 Å². The van der Waals surface area contributed by atoms with Gasteiger partial charge in [-0.05, 0) is 18.9 Å². The molecule has 1 atom stereocenters. The van der Waals surface area contributed by atoms with Crippen molar-refractivity contribution in [2.45, 2.75) is 32.9 Å². The Bertz CT molecular complexity index is 380. The molecule has 0 bridgehead atoms. The average Bonchev–Trinajstić information content (AvgIpc) is 2.88. The molecule has 0 saturated carbocycles. The van der Waals surface area contributed by atoms with Crippen molar-refractivity contribution in [3.63, 3.8) is 0 Å². The van der Waals surface area contributed by atoms with E-state index in [1.54, 1.807) is 7.11 Å². The second-order valence-electron chi connectivity index (χ2n) is 5.48. The van der Waals surface area contributed by atoms with Crippen LogP contribution in [0.2, 0.25) is 0 Å². The van der Waals surface area contributed by atoms with Gasteiger partial charge in [0.15, 0.2) is 0 Å². The molecule has 5 nitrogen and oxygen atoms in total. The zero-order chi connectivity index (χ0) is 13.7. The number of ether oxygens (including phenoxy) is 1. The highest BCUT2D eigenvalue weighted by Crippen LogP contribution is 2.18. The molecule has 0 aliphatic carbocycles. The minimum atomic E-state index is 0.328. The summed E-state index contributed by atoms with van der Waals surface area (Å²) in [4.78, 5) is 11.2. The number of methoxy groups -OCH3 is 1. The Morgan fingerprint density at radius 3 is 2.84 bits per heavy atom. The third-order valence-electron chi connectivity index (χ3n) is 3.35. The van der Waals surface area contributed by atoms with Crippen molar-refractivity contribution in [2.75, 3.05) is 31.6 Å². The summed E-state index contributed by atoms with van der Waals surface area (Å²) in [6.45, 7) is 8.09. The molecule has 1 aromatic rings. The largest absolute Gasteiger partial charge is 0.380 e. The Labute approximate surface area is 115 Å². The van der Waals surface area contributed by atoms with Crippen LogP contribution in [0.25, 0.3) is 0 Å². The Morgan fingerprint density at radius 1 is 1.42 bits per heavy atom. The second kappa shape index (κ2) is 6.82. The van der Waals surface area contributed by atoms with Gasteiger partial charge in [-0.1, -0.05) is 13.8 Å². The third-order valence-corrected chi connectivity index (χ3v) is 3.35. The molecular formula is C14H24N4O. The molecule has 1 unspecified atom stereocenters. The van der Waals surface area contributed by atoms with Gasteiger partial charge in [-0.2, -0.15) is 0 Å². The molecule has 1 aliphatic heterocycles. The van der Waals surface area contributed by atoms with E-state index in [0.717, 1.165) is 44.1 Å². The van der Waals surface area contributed by atoms with Crippen molar-refractivity contribution in [1.29, 1.82) is 0 Å². The molecule has 1 N–H and O–H groups in total. The Kier molecular flexibility index (Phi) is 5.10. The van der Waals surface area contributed by atoms with Gasteiger partial charge in [0.2, 0.25) is 0 Å². The Hall–Kier alpha value is -1.20. The summed E-state index contributed by atoms with van der Waals surface area (Å²) in [5.74, 6) is 1.61. The first-order valence-corrected chi connectivity index (χ1v) is 6.98. The van der Waals surface area contributed by atoms with E-state index in [-0.39, 0.29) is 0 Å². The van der Waals surface area contributed by atoms with E-state index in [1.165, 1.54) is 0 Å². The maximum Gasteiger partial charge on any atom is 0.147 e. The van der Waals surface area contributed by atoms with Crippen LogP contribution in [0.3, 0.4) is 0 Å². The summed E-state index contributed by atoms with van der Waals surface area (Å²) >= 11 is 0. The number of nitrogens with one attached hydrogen (secondary N) is 1. The quantitative estimate of drug-likeness (QED) is 0.842. The number of hydrogen-bond acceptors (Lipinski definition) is 5. The predicted molar refractivity (Wildman–Crippen MR) is 76.2 cm³/mol. The lowest BCUT2D eigenvalue weighted by Gasteiger charge is -2.16. The van der Waals surface area contributed by atoms with E-state index in [4.69, 9.17) is 4.74 Å². The molecular weight excluding hydrogens is 240 g/mol. The van der Waals surface area contributed by atoms with Gasteiger partial charge in [-0.25, -0.2) is 4.98 Å². The molecule has 1 saturated heterocycles. The van der Waals surface area contributed by atoms with Crippen LogP contribution in [-0.2, 0) is 11.3 Å². The summed E-state index contributed by atoms with van der Waals surface area (Å²) in [6.07, 6.45) is 5.12. The number of hydrogen-bond donors (Lipinski definition) is 1. The second-order valence-corrected chi connectivity index (χ2v) is 5.48. The highest BCUT2D eigenvalue weighted by atomic mass is 16.5. The maximum absolute atomic E-state index is 5.36. The highest BCUT2D eigenvalue weighted by Gasteiger charge is 2.23. The van der Waals surface area contributed by atoms with E-state index >= 15 is 0 Å². The summed E-state index contributed by atoms with van der Waals surface area (Å²) in [6, 6.07) is 0. The zero-order valence-corrected chi connectivity index (χ0v) is 12.1. The van der Waals surface area contributed by atoms with Gasteiger partial charge in [0.05, 0.1) is 24.2 Å². The molecule has 2 heterocycles. The van der Waals surface area contributed by atoms with Gasteiger partial charge in [0.1, 0.15) is 5.82 Å². The molecule has 0 radical (unpaired) electrons. The van der Waals surface area contributed by atoms with Crippen molar-refractivity contribution in [3.05, 3.63) is 18.1 Å². The first kappa shape index (κ1) is 14.2. The number of rotatable bonds is 6. The molecule has 106 valence electrons. The van der Waals surface area contributed by atoms with Crippen LogP contribution in [0, 0.1) is 5.92 Å². The average molecular weight is 264 g/mol. The van der Waals surface area contributed by atoms with Crippen molar-refractivity contribution in [1.82, 2.24) is 15.3 Å². The highest BCUT2D eigenvalue weighted by molar-refractivity contribution is 5.37. The molecule has 1 aliphatic rings. The van der Waals surface area contributed by atoms with Crippen LogP contribution in [0.15, 0.2) is 12.4 Å². The van der Waals surface area contributed by atoms with E-state index in [1.807, 2.05) is 12.4 Å². The van der Waals surface area contributed by atoms with Crippen LogP contribution < -0.4 is 10.2 Å². The normalized spacial score (nSPS) is 19.4. The first-order chi connectivity index (χ1) is 9.19. The molecule has 0 amide bonds. The van der Waals surface area contributed by atoms with Crippen LogP contribution >= 0.6 is 0 Å². The Balaban J connectivity index is 1.84. The number of nitrogens with zero attached hydrogens (tertiary/aromatic N) is 3. The summed E-state index contributed by atoms with van der Waals surface area (Å²) < 4.78 is 5.36. The standard InChI is InChI=1S/C14H24N4O/c1-11(2)6-15-7-12-8-17-14(9-16-12)18-5-4-13(10-18)19-3/h8-9,11,13,15H,4-7,10H2,1-3H3. The van der Waals surface area contributed by atoms with Gasteiger partial charge in [-0.15, -0.1) is 0 Å². The summed E-state index contributed by atoms with van der Waals surface area (Å²) in [5.41, 5.74) is 0.992. The molecule has 2 rings (SSSR count). The van der Waals surface area contributed by atoms with Crippen LogP contribution in [-0.4, -0.2) is 42.8 Å². The van der Waals surface area contributed by atoms with Crippen molar-refractivity contribution >= 4 is 5.82 Å². The summed E-state index contributed by atoms with van der Waals surface area (Å²) in [5, 5.41) is 3.37. The molecule has 1 aromatic heterocycles. The first-order valence-electron chi connectivity index (χ1n) is 6.98. The smallest absolute Gasteiger partial charge is 0.147 e. The van der Waals surface area contributed by atoms with Gasteiger partial charge >= 0.3 is 0 Å². The molecule has 5 heteroatoms. The lowest BCUT2D eigenvalue weighted by molar-refractivity contribution is 0.121. The zero-order valence-electron chi connectivity index (χ0n) is 12.1. The van der Waals surface area contributed by atoms with Gasteiger partial charge in [-0.3, -0.25) is 4.98 Å². The van der Waals surface area contributed by atoms with Gasteiger partial charge in [0.25, 0.3) is 0 Å². The van der Waals surface area contributed by atoms with Crippen LogP contribution in [0.4, 0.5) is 5.82 Å². The van der Waals surface area contributed by atoms with Crippen molar-refractivity contribution in [2.24, 2.45) is 5.92 Å². The minimum Gasteiger partial charge on any atom is -0.380 e. The van der Waals surface area contributed by atoms with Gasteiger partial charge in [0, 0.05) is 26.7 Å². The van der Waals surface area contributed by atoms with E-state index in [9.17, 15) is 0 Å². The number of anilines is 1. The van der Waals surface area contributed by atoms with E-state index < -0.39 is 0 Å². The fourth-order valence-corrected chi connectivity index (χ4v) is 2.22. The van der Waals surface area contributed by atoms with E-state index in [2.05, 4.69) is 34.0 Å². The lowest BCUT2D eigenvalue weighted by Crippen LogP contribution is -2.24. The lowest BCUT2D eigenvalue weighted by atomic mass is 10.2. The minimum absolute atomic E-state index is 0.328. The summed E-state index contributed by atoms with van der Waals surface area (Å²) in [7, 11) is 1.77. The fraction of sp³-hybridized carbons (Fsp3) is 0.714. The molecule has 0 aromatic carbocycles. The molecule has 19 heavy (non-hydrogen) atoms.